The molecular weight excluding hydrogens is 274 g/mol. The zero-order valence-electron chi connectivity index (χ0n) is 12.7. The van der Waals surface area contributed by atoms with E-state index in [1.807, 2.05) is 30.1 Å². The highest BCUT2D eigenvalue weighted by Gasteiger charge is 2.15. The molecule has 0 spiro atoms. The van der Waals surface area contributed by atoms with E-state index in [0.29, 0.717) is 11.6 Å². The Morgan fingerprint density at radius 3 is 2.55 bits per heavy atom. The first-order chi connectivity index (χ1) is 9.49. The van der Waals surface area contributed by atoms with Crippen LogP contribution in [0.5, 0.6) is 0 Å². The molecule has 0 aromatic heterocycles. The summed E-state index contributed by atoms with van der Waals surface area (Å²) in [7, 11) is 5.44. The molecule has 0 atom stereocenters. The summed E-state index contributed by atoms with van der Waals surface area (Å²) in [6, 6.07) is 5.99. The average molecular weight is 298 g/mol. The Bertz CT molecular complexity index is 449. The van der Waals surface area contributed by atoms with Gasteiger partial charge in [0.25, 0.3) is 0 Å². The van der Waals surface area contributed by atoms with E-state index >= 15 is 0 Å². The number of anilines is 1. The SMILES string of the molecule is CCCN(CC(=O)N(C)C)c1ccc(CNC)cc1Cl. The standard InChI is InChI=1S/C15H24ClN3O/c1-5-8-19(11-15(20)18(3)4)14-7-6-12(10-17-2)9-13(14)16/h6-7,9,17H,5,8,10-11H2,1-4H3. The molecule has 0 aliphatic carbocycles. The molecule has 5 heteroatoms. The van der Waals surface area contributed by atoms with Gasteiger partial charge in [-0.3, -0.25) is 4.79 Å². The number of carbonyl (C=O) groups is 1. The van der Waals surface area contributed by atoms with E-state index in [1.54, 1.807) is 19.0 Å². The van der Waals surface area contributed by atoms with E-state index in [9.17, 15) is 4.79 Å². The Morgan fingerprint density at radius 2 is 2.05 bits per heavy atom. The number of benzene rings is 1. The first kappa shape index (κ1) is 16.8. The summed E-state index contributed by atoms with van der Waals surface area (Å²) in [6.07, 6.45) is 0.968. The highest BCUT2D eigenvalue weighted by Crippen LogP contribution is 2.27. The summed E-state index contributed by atoms with van der Waals surface area (Å²) in [4.78, 5) is 15.6. The summed E-state index contributed by atoms with van der Waals surface area (Å²) in [5, 5.41) is 3.79. The van der Waals surface area contributed by atoms with Crippen LogP contribution in [0.25, 0.3) is 0 Å². The molecule has 0 aliphatic heterocycles. The summed E-state index contributed by atoms with van der Waals surface area (Å²) in [5.41, 5.74) is 2.06. The maximum atomic E-state index is 11.9. The van der Waals surface area contributed by atoms with Crippen LogP contribution in [0.3, 0.4) is 0 Å². The first-order valence-electron chi connectivity index (χ1n) is 6.87. The third-order valence-corrected chi connectivity index (χ3v) is 3.35. The van der Waals surface area contributed by atoms with E-state index in [0.717, 1.165) is 30.8 Å². The number of hydrogen-bond donors (Lipinski definition) is 1. The van der Waals surface area contributed by atoms with Gasteiger partial charge in [-0.1, -0.05) is 24.6 Å². The zero-order valence-corrected chi connectivity index (χ0v) is 13.5. The summed E-state index contributed by atoms with van der Waals surface area (Å²) in [6.45, 7) is 4.04. The molecule has 1 rings (SSSR count). The predicted octanol–water partition coefficient (Wildman–Crippen LogP) is 2.36. The molecule has 0 aliphatic rings. The van der Waals surface area contributed by atoms with Gasteiger partial charge in [0.05, 0.1) is 17.3 Å². The van der Waals surface area contributed by atoms with Crippen LogP contribution in [-0.4, -0.2) is 45.0 Å². The lowest BCUT2D eigenvalue weighted by Gasteiger charge is -2.26. The number of likely N-dealkylation sites (N-methyl/N-ethyl adjacent to an activating group) is 1. The Balaban J connectivity index is 2.93. The fourth-order valence-electron chi connectivity index (χ4n) is 1.98. The van der Waals surface area contributed by atoms with Crippen molar-refractivity contribution in [2.24, 2.45) is 0 Å². The van der Waals surface area contributed by atoms with Crippen molar-refractivity contribution >= 4 is 23.2 Å². The van der Waals surface area contributed by atoms with Crippen molar-refractivity contribution < 1.29 is 4.79 Å². The smallest absolute Gasteiger partial charge is 0.241 e. The van der Waals surface area contributed by atoms with E-state index < -0.39 is 0 Å². The fourth-order valence-corrected chi connectivity index (χ4v) is 2.30. The van der Waals surface area contributed by atoms with Crippen LogP contribution in [-0.2, 0) is 11.3 Å². The van der Waals surface area contributed by atoms with Gasteiger partial charge >= 0.3 is 0 Å². The van der Waals surface area contributed by atoms with Crippen LogP contribution in [0.15, 0.2) is 18.2 Å². The minimum absolute atomic E-state index is 0.0776. The molecule has 0 heterocycles. The molecule has 1 N–H and O–H groups in total. The summed E-state index contributed by atoms with van der Waals surface area (Å²) in [5.74, 6) is 0.0776. The second kappa shape index (κ2) is 8.12. The first-order valence-corrected chi connectivity index (χ1v) is 7.25. The predicted molar refractivity (Wildman–Crippen MR) is 85.4 cm³/mol. The Labute approximate surface area is 126 Å². The molecule has 0 saturated carbocycles. The lowest BCUT2D eigenvalue weighted by atomic mass is 10.2. The number of carbonyl (C=O) groups excluding carboxylic acids is 1. The summed E-state index contributed by atoms with van der Waals surface area (Å²) < 4.78 is 0. The van der Waals surface area contributed by atoms with Crippen molar-refractivity contribution in [3.63, 3.8) is 0 Å². The van der Waals surface area contributed by atoms with Gasteiger partial charge in [-0.05, 0) is 31.2 Å². The molecule has 1 amide bonds. The molecule has 0 fully saturated rings. The monoisotopic (exact) mass is 297 g/mol. The number of amides is 1. The number of hydrogen-bond acceptors (Lipinski definition) is 3. The van der Waals surface area contributed by atoms with E-state index in [1.165, 1.54) is 0 Å². The minimum Gasteiger partial charge on any atom is -0.361 e. The molecule has 1 aromatic rings. The molecule has 4 nitrogen and oxygen atoms in total. The Morgan fingerprint density at radius 1 is 1.35 bits per heavy atom. The minimum atomic E-state index is 0.0776. The fraction of sp³-hybridized carbons (Fsp3) is 0.533. The number of rotatable bonds is 7. The van der Waals surface area contributed by atoms with Gasteiger partial charge in [0.1, 0.15) is 0 Å². The molecule has 0 bridgehead atoms. The van der Waals surface area contributed by atoms with Crippen molar-refractivity contribution in [3.05, 3.63) is 28.8 Å². The van der Waals surface area contributed by atoms with E-state index in [-0.39, 0.29) is 5.91 Å². The molecule has 0 unspecified atom stereocenters. The van der Waals surface area contributed by atoms with E-state index in [2.05, 4.69) is 12.2 Å². The van der Waals surface area contributed by atoms with Gasteiger partial charge in [0, 0.05) is 27.2 Å². The second-order valence-corrected chi connectivity index (χ2v) is 5.43. The quantitative estimate of drug-likeness (QED) is 0.839. The lowest BCUT2D eigenvalue weighted by Crippen LogP contribution is -2.37. The second-order valence-electron chi connectivity index (χ2n) is 5.03. The van der Waals surface area contributed by atoms with Gasteiger partial charge in [-0.15, -0.1) is 0 Å². The van der Waals surface area contributed by atoms with Crippen molar-refractivity contribution in [2.75, 3.05) is 39.1 Å². The molecule has 0 radical (unpaired) electrons. The maximum Gasteiger partial charge on any atom is 0.241 e. The van der Waals surface area contributed by atoms with Crippen LogP contribution in [0.4, 0.5) is 5.69 Å². The third kappa shape index (κ3) is 4.69. The maximum absolute atomic E-state index is 11.9. The number of nitrogens with one attached hydrogen (secondary N) is 1. The highest BCUT2D eigenvalue weighted by atomic mass is 35.5. The Hall–Kier alpha value is -1.26. The normalized spacial score (nSPS) is 10.4. The van der Waals surface area contributed by atoms with Crippen LogP contribution < -0.4 is 10.2 Å². The van der Waals surface area contributed by atoms with Crippen LogP contribution in [0, 0.1) is 0 Å². The number of nitrogens with zero attached hydrogens (tertiary/aromatic N) is 2. The van der Waals surface area contributed by atoms with E-state index in [4.69, 9.17) is 11.6 Å². The van der Waals surface area contributed by atoms with Crippen molar-refractivity contribution in [3.8, 4) is 0 Å². The summed E-state index contributed by atoms with van der Waals surface area (Å²) >= 11 is 6.36. The van der Waals surface area contributed by atoms with Crippen molar-refractivity contribution in [1.82, 2.24) is 10.2 Å². The van der Waals surface area contributed by atoms with Gasteiger partial charge in [0.15, 0.2) is 0 Å². The van der Waals surface area contributed by atoms with Gasteiger partial charge < -0.3 is 15.1 Å². The van der Waals surface area contributed by atoms with Gasteiger partial charge in [0.2, 0.25) is 5.91 Å². The van der Waals surface area contributed by atoms with Crippen LogP contribution in [0.2, 0.25) is 5.02 Å². The largest absolute Gasteiger partial charge is 0.361 e. The van der Waals surface area contributed by atoms with Crippen LogP contribution >= 0.6 is 11.6 Å². The molecule has 112 valence electrons. The van der Waals surface area contributed by atoms with Crippen molar-refractivity contribution in [2.45, 2.75) is 19.9 Å². The third-order valence-electron chi connectivity index (χ3n) is 3.05. The number of halogens is 1. The molecule has 1 aromatic carbocycles. The lowest BCUT2D eigenvalue weighted by molar-refractivity contribution is -0.127. The Kier molecular flexibility index (Phi) is 6.82. The molecule has 20 heavy (non-hydrogen) atoms. The van der Waals surface area contributed by atoms with Crippen molar-refractivity contribution in [1.29, 1.82) is 0 Å². The van der Waals surface area contributed by atoms with Gasteiger partial charge in [-0.25, -0.2) is 0 Å². The topological polar surface area (TPSA) is 35.6 Å². The van der Waals surface area contributed by atoms with Crippen LogP contribution in [0.1, 0.15) is 18.9 Å². The molecular formula is C15H24ClN3O. The van der Waals surface area contributed by atoms with Gasteiger partial charge in [-0.2, -0.15) is 0 Å². The highest BCUT2D eigenvalue weighted by molar-refractivity contribution is 6.33. The average Bonchev–Trinajstić information content (AvgIpc) is 2.38. The molecule has 0 saturated heterocycles. The zero-order chi connectivity index (χ0) is 15.1.